The third kappa shape index (κ3) is 3.44. The van der Waals surface area contributed by atoms with E-state index in [1.54, 1.807) is 6.92 Å². The largest absolute Gasteiger partial charge is 0.352 e. The highest BCUT2D eigenvalue weighted by Crippen LogP contribution is 2.61. The quantitative estimate of drug-likeness (QED) is 0.845. The Bertz CT molecular complexity index is 504. The Balaban J connectivity index is 1.29. The minimum absolute atomic E-state index is 0.138. The molecule has 2 amide bonds. The summed E-state index contributed by atoms with van der Waals surface area (Å²) in [6.45, 7) is 7.44. The number of nitrogens with zero attached hydrogens (tertiary/aromatic N) is 2. The molecule has 1 atom stereocenters. The van der Waals surface area contributed by atoms with E-state index < -0.39 is 0 Å². The van der Waals surface area contributed by atoms with Gasteiger partial charge in [-0.2, -0.15) is 0 Å². The lowest BCUT2D eigenvalue weighted by atomic mass is 9.48. The number of amides is 2. The average molecular weight is 348 g/mol. The van der Waals surface area contributed by atoms with Gasteiger partial charge in [-0.1, -0.05) is 0 Å². The molecule has 5 rings (SSSR count). The number of hydrogen-bond acceptors (Lipinski definition) is 3. The molecule has 5 nitrogen and oxygen atoms in total. The van der Waals surface area contributed by atoms with Gasteiger partial charge in [-0.05, 0) is 68.6 Å². The van der Waals surface area contributed by atoms with Gasteiger partial charge >= 0.3 is 0 Å². The zero-order valence-corrected chi connectivity index (χ0v) is 15.8. The third-order valence-electron chi connectivity index (χ3n) is 7.57. The van der Waals surface area contributed by atoms with Gasteiger partial charge in [-0.25, -0.2) is 0 Å². The topological polar surface area (TPSA) is 52.7 Å². The van der Waals surface area contributed by atoms with Crippen LogP contribution < -0.4 is 5.32 Å². The first kappa shape index (κ1) is 17.3. The lowest BCUT2D eigenvalue weighted by Crippen LogP contribution is -2.57. The maximum absolute atomic E-state index is 12.6. The van der Waals surface area contributed by atoms with E-state index in [4.69, 9.17) is 0 Å². The van der Waals surface area contributed by atoms with Gasteiger partial charge in [0.15, 0.2) is 0 Å². The van der Waals surface area contributed by atoms with Crippen LogP contribution >= 0.6 is 0 Å². The number of nitrogens with one attached hydrogen (secondary N) is 1. The molecule has 0 aromatic heterocycles. The van der Waals surface area contributed by atoms with E-state index >= 15 is 0 Å². The highest BCUT2D eigenvalue weighted by molar-refractivity contribution is 5.78. The van der Waals surface area contributed by atoms with E-state index in [2.05, 4.69) is 17.1 Å². The van der Waals surface area contributed by atoms with Gasteiger partial charge in [0.25, 0.3) is 0 Å². The van der Waals surface area contributed by atoms with Crippen molar-refractivity contribution in [3.63, 3.8) is 0 Å². The molecule has 1 aliphatic heterocycles. The Morgan fingerprint density at radius 3 is 2.00 bits per heavy atom. The summed E-state index contributed by atoms with van der Waals surface area (Å²) in [4.78, 5) is 28.1. The number of piperazine rings is 1. The van der Waals surface area contributed by atoms with Crippen LogP contribution in [0.1, 0.15) is 52.4 Å². The molecule has 1 heterocycles. The predicted octanol–water partition coefficient (Wildman–Crippen LogP) is 1.87. The zero-order valence-electron chi connectivity index (χ0n) is 15.8. The van der Waals surface area contributed by atoms with E-state index in [9.17, 15) is 9.59 Å². The minimum Gasteiger partial charge on any atom is -0.352 e. The maximum Gasteiger partial charge on any atom is 0.234 e. The summed E-state index contributed by atoms with van der Waals surface area (Å²) < 4.78 is 0. The van der Waals surface area contributed by atoms with Crippen LogP contribution in [-0.4, -0.2) is 60.4 Å². The maximum atomic E-state index is 12.6. The molecule has 1 unspecified atom stereocenters. The fourth-order valence-electron chi connectivity index (χ4n) is 6.57. The Hall–Kier alpha value is -1.10. The molecule has 4 saturated carbocycles. The first-order chi connectivity index (χ1) is 11.9. The Morgan fingerprint density at radius 2 is 1.52 bits per heavy atom. The van der Waals surface area contributed by atoms with E-state index in [0.717, 1.165) is 43.9 Å². The number of carbonyl (C=O) groups is 2. The van der Waals surface area contributed by atoms with Crippen molar-refractivity contribution in [1.82, 2.24) is 15.1 Å². The molecule has 1 saturated heterocycles. The molecule has 0 spiro atoms. The van der Waals surface area contributed by atoms with Crippen molar-refractivity contribution in [1.29, 1.82) is 0 Å². The van der Waals surface area contributed by atoms with Gasteiger partial charge in [0.05, 0.1) is 6.54 Å². The van der Waals surface area contributed by atoms with Gasteiger partial charge < -0.3 is 10.2 Å². The minimum atomic E-state index is 0.138. The van der Waals surface area contributed by atoms with Crippen LogP contribution in [0.25, 0.3) is 0 Å². The monoisotopic (exact) mass is 347 g/mol. The highest BCUT2D eigenvalue weighted by Gasteiger charge is 2.53. The smallest absolute Gasteiger partial charge is 0.234 e. The fourth-order valence-corrected chi connectivity index (χ4v) is 6.57. The molecule has 4 bridgehead atoms. The normalized spacial score (nSPS) is 38.6. The van der Waals surface area contributed by atoms with Crippen LogP contribution in [-0.2, 0) is 9.59 Å². The second kappa shape index (κ2) is 6.57. The van der Waals surface area contributed by atoms with Crippen LogP contribution in [0.3, 0.4) is 0 Å². The molecule has 4 aliphatic carbocycles. The molecule has 0 aromatic carbocycles. The van der Waals surface area contributed by atoms with Crippen molar-refractivity contribution in [3.8, 4) is 0 Å². The zero-order chi connectivity index (χ0) is 17.6. The van der Waals surface area contributed by atoms with Gasteiger partial charge in [0, 0.05) is 39.1 Å². The second-order valence-corrected chi connectivity index (χ2v) is 9.35. The van der Waals surface area contributed by atoms with Gasteiger partial charge in [-0.3, -0.25) is 14.5 Å². The van der Waals surface area contributed by atoms with Gasteiger partial charge in [0.2, 0.25) is 11.8 Å². The van der Waals surface area contributed by atoms with Crippen LogP contribution in [0, 0.1) is 23.2 Å². The first-order valence-corrected chi connectivity index (χ1v) is 10.2. The summed E-state index contributed by atoms with van der Waals surface area (Å²) in [6, 6.07) is 0.298. The van der Waals surface area contributed by atoms with Crippen molar-refractivity contribution < 1.29 is 9.59 Å². The van der Waals surface area contributed by atoms with E-state index in [1.165, 1.54) is 38.5 Å². The van der Waals surface area contributed by atoms with E-state index in [1.807, 2.05) is 4.90 Å². The van der Waals surface area contributed by atoms with Gasteiger partial charge in [-0.15, -0.1) is 0 Å². The van der Waals surface area contributed by atoms with Crippen LogP contribution in [0.15, 0.2) is 0 Å². The van der Waals surface area contributed by atoms with E-state index in [0.29, 0.717) is 18.0 Å². The summed E-state index contributed by atoms with van der Waals surface area (Å²) in [5.74, 6) is 3.07. The molecule has 5 aliphatic rings. The Morgan fingerprint density at radius 1 is 1.00 bits per heavy atom. The number of hydrogen-bond donors (Lipinski definition) is 1. The molecule has 140 valence electrons. The predicted molar refractivity (Wildman–Crippen MR) is 96.9 cm³/mol. The number of carbonyl (C=O) groups excluding carboxylic acids is 2. The summed E-state index contributed by atoms with van der Waals surface area (Å²) in [5, 5.41) is 3.36. The Labute approximate surface area is 151 Å². The SMILES string of the molecule is CC(=O)N1CCN(CC(=O)NC(C)C23CC4CC(CC(C4)C2)C3)CC1. The average Bonchev–Trinajstić information content (AvgIpc) is 2.54. The third-order valence-corrected chi connectivity index (χ3v) is 7.57. The molecule has 0 radical (unpaired) electrons. The molecule has 5 heteroatoms. The summed E-state index contributed by atoms with van der Waals surface area (Å²) in [5.41, 5.74) is 0.373. The molecule has 0 aromatic rings. The first-order valence-electron chi connectivity index (χ1n) is 10.2. The molecule has 5 fully saturated rings. The summed E-state index contributed by atoms with van der Waals surface area (Å²) >= 11 is 0. The summed E-state index contributed by atoms with van der Waals surface area (Å²) in [6.07, 6.45) is 8.33. The van der Waals surface area contributed by atoms with Crippen molar-refractivity contribution in [2.24, 2.45) is 23.2 Å². The van der Waals surface area contributed by atoms with Crippen molar-refractivity contribution in [2.75, 3.05) is 32.7 Å². The second-order valence-electron chi connectivity index (χ2n) is 9.35. The van der Waals surface area contributed by atoms with Crippen LogP contribution in [0.4, 0.5) is 0 Å². The van der Waals surface area contributed by atoms with Gasteiger partial charge in [0.1, 0.15) is 0 Å². The van der Waals surface area contributed by atoms with Crippen LogP contribution in [0.5, 0.6) is 0 Å². The van der Waals surface area contributed by atoms with Crippen molar-refractivity contribution >= 4 is 11.8 Å². The van der Waals surface area contributed by atoms with E-state index in [-0.39, 0.29) is 11.8 Å². The van der Waals surface area contributed by atoms with Crippen LogP contribution in [0.2, 0.25) is 0 Å². The molecule has 25 heavy (non-hydrogen) atoms. The molecular weight excluding hydrogens is 314 g/mol. The lowest BCUT2D eigenvalue weighted by Gasteiger charge is -2.59. The summed E-state index contributed by atoms with van der Waals surface area (Å²) in [7, 11) is 0. The lowest BCUT2D eigenvalue weighted by molar-refractivity contribution is -0.131. The molecular formula is C20H33N3O2. The Kier molecular flexibility index (Phi) is 4.55. The van der Waals surface area contributed by atoms with Crippen molar-refractivity contribution in [3.05, 3.63) is 0 Å². The van der Waals surface area contributed by atoms with Crippen molar-refractivity contribution in [2.45, 2.75) is 58.4 Å². The number of rotatable bonds is 4. The highest BCUT2D eigenvalue weighted by atomic mass is 16.2. The fraction of sp³-hybridized carbons (Fsp3) is 0.900. The standard InChI is InChI=1S/C20H33N3O2/c1-14(20-10-16-7-17(11-20)9-18(8-16)12-20)21-19(25)13-22-3-5-23(6-4-22)15(2)24/h14,16-18H,3-13H2,1-2H3,(H,21,25). The molecule has 1 N–H and O–H groups in total.